The zero-order valence-electron chi connectivity index (χ0n) is 17.4. The molecule has 0 spiro atoms. The Kier molecular flexibility index (Phi) is 8.82. The third kappa shape index (κ3) is 6.61. The van der Waals surface area contributed by atoms with Crippen LogP contribution in [0.4, 0.5) is 0 Å². The number of nitrogens with zero attached hydrogens (tertiary/aromatic N) is 1. The number of ether oxygens (including phenoxy) is 1. The van der Waals surface area contributed by atoms with E-state index in [2.05, 4.69) is 6.72 Å². The topological polar surface area (TPSA) is 133 Å². The minimum absolute atomic E-state index is 0.0543. The molecule has 3 aromatic carbocycles. The van der Waals surface area contributed by atoms with Crippen LogP contribution in [0.1, 0.15) is 28.5 Å². The van der Waals surface area contributed by atoms with Crippen LogP contribution in [-0.4, -0.2) is 40.1 Å². The number of hydrogen-bond acceptors (Lipinski definition) is 6. The number of nitrogens with one attached hydrogen (secondary N) is 1. The summed E-state index contributed by atoms with van der Waals surface area (Å²) in [4.78, 5) is 0. The maximum atomic E-state index is 12.3. The van der Waals surface area contributed by atoms with Crippen molar-refractivity contribution in [1.29, 1.82) is 0 Å². The first-order valence-electron chi connectivity index (χ1n) is 9.45. The average molecular weight is 436 g/mol. The maximum Gasteiger partial charge on any atom is 0.292 e. The number of methoxy groups -OCH3 is 1. The van der Waals surface area contributed by atoms with Gasteiger partial charge in [0, 0.05) is 0 Å². The molecule has 32 heavy (non-hydrogen) atoms. The molecule has 0 saturated carbocycles. The van der Waals surface area contributed by atoms with Crippen LogP contribution in [0.15, 0.2) is 66.7 Å². The van der Waals surface area contributed by atoms with Gasteiger partial charge in [0.05, 0.1) is 18.2 Å². The molecule has 0 radical (unpaired) electrons. The lowest BCUT2D eigenvalue weighted by molar-refractivity contribution is -0.555. The second-order valence-corrected chi connectivity index (χ2v) is 6.50. The van der Waals surface area contributed by atoms with E-state index in [9.17, 15) is 20.5 Å². The lowest BCUT2D eigenvalue weighted by atomic mass is 10.1. The Balaban J connectivity index is 0.00000114. The Morgan fingerprint density at radius 1 is 0.969 bits per heavy atom. The Morgan fingerprint density at radius 2 is 1.53 bits per heavy atom. The molecule has 0 amide bonds. The van der Waals surface area contributed by atoms with Gasteiger partial charge in [0.2, 0.25) is 0 Å². The summed E-state index contributed by atoms with van der Waals surface area (Å²) in [5.74, 6) is 0.344. The molecule has 3 rings (SSSR count). The molecule has 3 aromatic rings. The molecule has 1 atom stereocenters. The summed E-state index contributed by atoms with van der Waals surface area (Å²) in [5.41, 5.74) is 2.28. The van der Waals surface area contributed by atoms with Gasteiger partial charge in [-0.1, -0.05) is 42.5 Å². The predicted octanol–water partition coefficient (Wildman–Crippen LogP) is 2.16. The molecule has 1 unspecified atom stereocenters. The average Bonchev–Trinajstić information content (AvgIpc) is 2.81. The van der Waals surface area contributed by atoms with E-state index in [1.54, 1.807) is 60.7 Å². The number of aliphatic hydroxyl groups is 1. The summed E-state index contributed by atoms with van der Waals surface area (Å²) in [6.07, 6.45) is 3.38. The van der Waals surface area contributed by atoms with Crippen LogP contribution in [0, 0.1) is 10.4 Å². The van der Waals surface area contributed by atoms with Crippen molar-refractivity contribution < 1.29 is 30.0 Å². The van der Waals surface area contributed by atoms with E-state index in [4.69, 9.17) is 9.94 Å². The molecule has 0 bridgehead atoms. The van der Waals surface area contributed by atoms with Gasteiger partial charge in [0.15, 0.2) is 17.7 Å². The molecular weight excluding hydrogens is 412 g/mol. The molecule has 0 aliphatic carbocycles. The van der Waals surface area contributed by atoms with E-state index >= 15 is 0 Å². The molecule has 0 fully saturated rings. The van der Waals surface area contributed by atoms with Crippen LogP contribution >= 0.6 is 0 Å². The number of aliphatic hydroxyl groups excluding tert-OH is 1. The Morgan fingerprint density at radius 3 is 2.12 bits per heavy atom. The summed E-state index contributed by atoms with van der Waals surface area (Å²) in [7, 11) is 1.48. The van der Waals surface area contributed by atoms with Crippen molar-refractivity contribution in [3.05, 3.63) is 99.4 Å². The van der Waals surface area contributed by atoms with Gasteiger partial charge < -0.3 is 30.5 Å². The van der Waals surface area contributed by atoms with Crippen molar-refractivity contribution in [2.45, 2.75) is 6.23 Å². The molecule has 4 N–H and O–H groups in total. The van der Waals surface area contributed by atoms with E-state index in [0.717, 1.165) is 17.3 Å². The van der Waals surface area contributed by atoms with Crippen molar-refractivity contribution in [2.75, 3.05) is 7.11 Å². The number of phenols is 2. The fourth-order valence-electron chi connectivity index (χ4n) is 2.75. The van der Waals surface area contributed by atoms with Crippen LogP contribution < -0.4 is 9.89 Å². The lowest BCUT2D eigenvalue weighted by Gasteiger charge is -2.12. The van der Waals surface area contributed by atoms with E-state index in [1.165, 1.54) is 24.4 Å². The van der Waals surface area contributed by atoms with Crippen LogP contribution in [0.5, 0.6) is 17.2 Å². The fourth-order valence-corrected chi connectivity index (χ4v) is 2.75. The zero-order chi connectivity index (χ0) is 23.5. The number of rotatable bonds is 6. The van der Waals surface area contributed by atoms with Gasteiger partial charge in [-0.05, 0) is 47.5 Å². The first kappa shape index (κ1) is 24.0. The molecule has 0 aromatic heterocycles. The minimum atomic E-state index is -1.38. The monoisotopic (exact) mass is 436 g/mol. The van der Waals surface area contributed by atoms with E-state index < -0.39 is 6.23 Å². The van der Waals surface area contributed by atoms with E-state index in [-0.39, 0.29) is 17.1 Å². The summed E-state index contributed by atoms with van der Waals surface area (Å²) in [5, 5.41) is 52.0. The van der Waals surface area contributed by atoms with Crippen molar-refractivity contribution in [3.8, 4) is 17.2 Å². The smallest absolute Gasteiger partial charge is 0.292 e. The SMILES string of the molecule is C=[NH+][O-].COc1cc(C=Cc2ccc(O)c(C=[N+]([O-])C(O)c3ccccc3)c2)ccc1O. The Hall–Kier alpha value is -4.30. The van der Waals surface area contributed by atoms with Crippen LogP contribution in [0.3, 0.4) is 0 Å². The quantitative estimate of drug-likeness (QED) is 0.117. The third-order valence-corrected chi connectivity index (χ3v) is 4.33. The van der Waals surface area contributed by atoms with Crippen LogP contribution in [0.2, 0.25) is 0 Å². The van der Waals surface area contributed by atoms with Crippen LogP contribution in [-0.2, 0) is 0 Å². The third-order valence-electron chi connectivity index (χ3n) is 4.33. The second kappa shape index (κ2) is 11.8. The molecule has 8 nitrogen and oxygen atoms in total. The second-order valence-electron chi connectivity index (χ2n) is 6.50. The zero-order valence-corrected chi connectivity index (χ0v) is 17.4. The molecule has 0 heterocycles. The molecule has 8 heteroatoms. The summed E-state index contributed by atoms with van der Waals surface area (Å²) < 4.78 is 5.48. The number of aromatic hydroxyl groups is 2. The largest absolute Gasteiger partial charge is 0.626 e. The van der Waals surface area contributed by atoms with E-state index in [1.807, 2.05) is 6.08 Å². The highest BCUT2D eigenvalue weighted by Crippen LogP contribution is 2.27. The standard InChI is InChI=1S/C23H21NO5.CH3NO/c1-29-22-14-17(10-12-21(22)26)8-7-16-9-11-20(25)19(13-16)15-24(28)23(27)18-5-3-2-4-6-18;1-2-3/h2-15,23,25-27H,1H3;2H,1H2. The highest BCUT2D eigenvalue weighted by atomic mass is 16.5. The van der Waals surface area contributed by atoms with Gasteiger partial charge in [-0.2, -0.15) is 4.74 Å². The highest BCUT2D eigenvalue weighted by molar-refractivity contribution is 5.82. The number of phenolic OH excluding ortho intramolecular Hbond substituents is 2. The molecular formula is C24H24N2O6. The van der Waals surface area contributed by atoms with Gasteiger partial charge in [-0.3, -0.25) is 0 Å². The highest BCUT2D eigenvalue weighted by Gasteiger charge is 2.15. The minimum Gasteiger partial charge on any atom is -0.626 e. The number of hydrogen-bond donors (Lipinski definition) is 4. The van der Waals surface area contributed by atoms with Gasteiger partial charge >= 0.3 is 0 Å². The fraction of sp³-hybridized carbons (Fsp3) is 0.0833. The number of hydroxylamine groups is 1. The predicted molar refractivity (Wildman–Crippen MR) is 123 cm³/mol. The molecule has 0 aliphatic heterocycles. The normalized spacial score (nSPS) is 12.0. The molecule has 166 valence electrons. The van der Waals surface area contributed by atoms with Gasteiger partial charge in [-0.25, -0.2) is 5.16 Å². The number of benzene rings is 3. The summed E-state index contributed by atoms with van der Waals surface area (Å²) in [6, 6.07) is 18.3. The first-order valence-corrected chi connectivity index (χ1v) is 9.45. The van der Waals surface area contributed by atoms with Crippen molar-refractivity contribution in [3.63, 3.8) is 0 Å². The molecule has 0 aliphatic rings. The van der Waals surface area contributed by atoms with E-state index in [0.29, 0.717) is 16.1 Å². The maximum absolute atomic E-state index is 12.3. The van der Waals surface area contributed by atoms with Crippen molar-refractivity contribution in [1.82, 2.24) is 0 Å². The molecule has 0 saturated heterocycles. The van der Waals surface area contributed by atoms with Gasteiger partial charge in [0.25, 0.3) is 6.23 Å². The van der Waals surface area contributed by atoms with Crippen molar-refractivity contribution >= 4 is 25.1 Å². The van der Waals surface area contributed by atoms with Crippen molar-refractivity contribution in [2.24, 2.45) is 0 Å². The Labute approximate surface area is 185 Å². The van der Waals surface area contributed by atoms with Gasteiger partial charge in [-0.15, -0.1) is 0 Å². The summed E-state index contributed by atoms with van der Waals surface area (Å²) >= 11 is 0. The first-order chi connectivity index (χ1) is 15.4. The van der Waals surface area contributed by atoms with Crippen LogP contribution in [0.25, 0.3) is 12.2 Å². The van der Waals surface area contributed by atoms with Gasteiger partial charge in [0.1, 0.15) is 12.5 Å². The lowest BCUT2D eigenvalue weighted by Crippen LogP contribution is -2.56. The summed E-state index contributed by atoms with van der Waals surface area (Å²) in [6.45, 7) is 2.68. The Bertz CT molecular complexity index is 1100.